The highest BCUT2D eigenvalue weighted by molar-refractivity contribution is 9.10. The number of hydrogen-bond acceptors (Lipinski definition) is 2. The Morgan fingerprint density at radius 3 is 3.13 bits per heavy atom. The Morgan fingerprint density at radius 2 is 2.27 bits per heavy atom. The molecule has 0 saturated carbocycles. The standard InChI is InChI=1S/C12H9BrO2/c13-8-1-2-12-11(4-8)10-5-9(14)3-7(10)6-15-12/h1-2,4-5,7H,3,6H2. The predicted octanol–water partition coefficient (Wildman–Crippen LogP) is 2.81. The van der Waals surface area contributed by atoms with E-state index in [-0.39, 0.29) is 11.7 Å². The Balaban J connectivity index is 2.17. The van der Waals surface area contributed by atoms with Crippen LogP contribution in [0.1, 0.15) is 12.0 Å². The summed E-state index contributed by atoms with van der Waals surface area (Å²) >= 11 is 3.43. The topological polar surface area (TPSA) is 26.3 Å². The maximum atomic E-state index is 11.4. The largest absolute Gasteiger partial charge is 0.492 e. The van der Waals surface area contributed by atoms with Crippen molar-refractivity contribution in [2.45, 2.75) is 6.42 Å². The van der Waals surface area contributed by atoms with Crippen LogP contribution in [0.15, 0.2) is 28.7 Å². The monoisotopic (exact) mass is 264 g/mol. The number of ether oxygens (including phenoxy) is 1. The van der Waals surface area contributed by atoms with Gasteiger partial charge in [-0.3, -0.25) is 4.79 Å². The second kappa shape index (κ2) is 3.20. The number of allylic oxidation sites excluding steroid dienone is 1. The molecular weight excluding hydrogens is 256 g/mol. The van der Waals surface area contributed by atoms with Crippen LogP contribution >= 0.6 is 15.9 Å². The molecule has 2 aliphatic rings. The SMILES string of the molecule is O=C1C=C2c3cc(Br)ccc3OCC2C1. The number of halogens is 1. The Morgan fingerprint density at radius 1 is 1.40 bits per heavy atom. The molecule has 1 aliphatic carbocycles. The average Bonchev–Trinajstić information content (AvgIpc) is 2.58. The van der Waals surface area contributed by atoms with E-state index in [4.69, 9.17) is 4.74 Å². The van der Waals surface area contributed by atoms with Crippen LogP contribution in [0.4, 0.5) is 0 Å². The molecule has 3 heteroatoms. The molecule has 3 rings (SSSR count). The highest BCUT2D eigenvalue weighted by Gasteiger charge is 2.31. The van der Waals surface area contributed by atoms with Crippen LogP contribution in [0, 0.1) is 5.92 Å². The molecule has 1 aliphatic heterocycles. The quantitative estimate of drug-likeness (QED) is 0.721. The number of fused-ring (bicyclic) bond motifs is 3. The van der Waals surface area contributed by atoms with E-state index < -0.39 is 0 Å². The predicted molar refractivity (Wildman–Crippen MR) is 60.7 cm³/mol. The van der Waals surface area contributed by atoms with Gasteiger partial charge >= 0.3 is 0 Å². The summed E-state index contributed by atoms with van der Waals surface area (Å²) < 4.78 is 6.65. The Kier molecular flexibility index (Phi) is 1.96. The lowest BCUT2D eigenvalue weighted by Gasteiger charge is -2.24. The van der Waals surface area contributed by atoms with Crippen LogP contribution in [0.25, 0.3) is 5.57 Å². The lowest BCUT2D eigenvalue weighted by molar-refractivity contribution is -0.114. The number of carbonyl (C=O) groups is 1. The van der Waals surface area contributed by atoms with Crippen LogP contribution in [0.5, 0.6) is 5.75 Å². The molecule has 1 aromatic carbocycles. The van der Waals surface area contributed by atoms with Gasteiger partial charge in [0.25, 0.3) is 0 Å². The number of hydrogen-bond donors (Lipinski definition) is 0. The molecule has 0 amide bonds. The fourth-order valence-electron chi connectivity index (χ4n) is 2.19. The van der Waals surface area contributed by atoms with E-state index in [9.17, 15) is 4.79 Å². The van der Waals surface area contributed by atoms with E-state index in [0.717, 1.165) is 21.4 Å². The van der Waals surface area contributed by atoms with Gasteiger partial charge in [0, 0.05) is 22.4 Å². The van der Waals surface area contributed by atoms with Crippen molar-refractivity contribution in [2.75, 3.05) is 6.61 Å². The second-order valence-corrected chi connectivity index (χ2v) is 4.83. The van der Waals surface area contributed by atoms with E-state index >= 15 is 0 Å². The lowest BCUT2D eigenvalue weighted by atomic mass is 9.93. The molecule has 76 valence electrons. The Hall–Kier alpha value is -1.09. The van der Waals surface area contributed by atoms with Gasteiger partial charge in [0.1, 0.15) is 5.75 Å². The van der Waals surface area contributed by atoms with Gasteiger partial charge in [-0.2, -0.15) is 0 Å². The summed E-state index contributed by atoms with van der Waals surface area (Å²) in [5.74, 6) is 1.36. The van der Waals surface area contributed by atoms with E-state index in [0.29, 0.717) is 13.0 Å². The van der Waals surface area contributed by atoms with Crippen LogP contribution in [0.3, 0.4) is 0 Å². The highest BCUT2D eigenvalue weighted by Crippen LogP contribution is 2.42. The van der Waals surface area contributed by atoms with Gasteiger partial charge in [0.15, 0.2) is 5.78 Å². The first-order valence-electron chi connectivity index (χ1n) is 4.91. The summed E-state index contributed by atoms with van der Waals surface area (Å²) in [5, 5.41) is 0. The highest BCUT2D eigenvalue weighted by atomic mass is 79.9. The number of rotatable bonds is 0. The molecule has 1 atom stereocenters. The van der Waals surface area contributed by atoms with E-state index in [1.54, 1.807) is 6.08 Å². The molecule has 2 nitrogen and oxygen atoms in total. The van der Waals surface area contributed by atoms with E-state index in [1.165, 1.54) is 0 Å². The minimum Gasteiger partial charge on any atom is -0.492 e. The van der Waals surface area contributed by atoms with Crippen molar-refractivity contribution in [2.24, 2.45) is 5.92 Å². The molecule has 0 spiro atoms. The van der Waals surface area contributed by atoms with Crippen molar-refractivity contribution in [3.05, 3.63) is 34.3 Å². The average molecular weight is 265 g/mol. The summed E-state index contributed by atoms with van der Waals surface area (Å²) in [6, 6.07) is 5.92. The van der Waals surface area contributed by atoms with Crippen LogP contribution in [0.2, 0.25) is 0 Å². The van der Waals surface area contributed by atoms with E-state index in [2.05, 4.69) is 15.9 Å². The molecule has 1 unspecified atom stereocenters. The van der Waals surface area contributed by atoms with Gasteiger partial charge in [0.05, 0.1) is 6.61 Å². The second-order valence-electron chi connectivity index (χ2n) is 3.92. The van der Waals surface area contributed by atoms with Gasteiger partial charge in [0.2, 0.25) is 0 Å². The molecular formula is C12H9BrO2. The molecule has 1 heterocycles. The molecule has 1 aromatic rings. The zero-order chi connectivity index (χ0) is 10.4. The molecule has 0 aromatic heterocycles. The molecule has 0 bridgehead atoms. The normalized spacial score (nSPS) is 22.9. The molecule has 15 heavy (non-hydrogen) atoms. The number of benzene rings is 1. The Bertz CT molecular complexity index is 477. The summed E-state index contributed by atoms with van der Waals surface area (Å²) in [4.78, 5) is 11.4. The lowest BCUT2D eigenvalue weighted by Crippen LogP contribution is -2.17. The third-order valence-electron chi connectivity index (χ3n) is 2.90. The maximum absolute atomic E-state index is 11.4. The summed E-state index contributed by atoms with van der Waals surface area (Å²) in [5.41, 5.74) is 2.20. The number of carbonyl (C=O) groups excluding carboxylic acids is 1. The first kappa shape index (κ1) is 9.16. The maximum Gasteiger partial charge on any atom is 0.156 e. The molecule has 0 N–H and O–H groups in total. The van der Waals surface area contributed by atoms with Crippen LogP contribution in [-0.2, 0) is 4.79 Å². The van der Waals surface area contributed by atoms with Crippen LogP contribution < -0.4 is 4.74 Å². The molecule has 0 saturated heterocycles. The van der Waals surface area contributed by atoms with Gasteiger partial charge < -0.3 is 4.74 Å². The summed E-state index contributed by atoms with van der Waals surface area (Å²) in [7, 11) is 0. The van der Waals surface area contributed by atoms with Gasteiger partial charge in [-0.05, 0) is 29.8 Å². The fourth-order valence-corrected chi connectivity index (χ4v) is 2.55. The molecule has 0 fully saturated rings. The van der Waals surface area contributed by atoms with Gasteiger partial charge in [-0.1, -0.05) is 15.9 Å². The van der Waals surface area contributed by atoms with Crippen molar-refractivity contribution >= 4 is 27.3 Å². The minimum absolute atomic E-state index is 0.214. The van der Waals surface area contributed by atoms with Gasteiger partial charge in [-0.15, -0.1) is 0 Å². The van der Waals surface area contributed by atoms with Crippen molar-refractivity contribution in [3.63, 3.8) is 0 Å². The van der Waals surface area contributed by atoms with Gasteiger partial charge in [-0.25, -0.2) is 0 Å². The smallest absolute Gasteiger partial charge is 0.156 e. The summed E-state index contributed by atoms with van der Waals surface area (Å²) in [6.07, 6.45) is 2.36. The van der Waals surface area contributed by atoms with Crippen molar-refractivity contribution in [1.29, 1.82) is 0 Å². The summed E-state index contributed by atoms with van der Waals surface area (Å²) in [6.45, 7) is 0.631. The van der Waals surface area contributed by atoms with Crippen molar-refractivity contribution < 1.29 is 9.53 Å². The first-order chi connectivity index (χ1) is 7.24. The third-order valence-corrected chi connectivity index (χ3v) is 3.39. The zero-order valence-electron chi connectivity index (χ0n) is 8.00. The minimum atomic E-state index is 0.214. The first-order valence-corrected chi connectivity index (χ1v) is 5.70. The molecule has 0 radical (unpaired) electrons. The Labute approximate surface area is 96.1 Å². The zero-order valence-corrected chi connectivity index (χ0v) is 9.58. The van der Waals surface area contributed by atoms with Crippen molar-refractivity contribution in [3.8, 4) is 5.75 Å². The van der Waals surface area contributed by atoms with Crippen molar-refractivity contribution in [1.82, 2.24) is 0 Å². The van der Waals surface area contributed by atoms with E-state index in [1.807, 2.05) is 18.2 Å². The number of ketones is 1. The third kappa shape index (κ3) is 1.42. The fraction of sp³-hybridized carbons (Fsp3) is 0.250. The van der Waals surface area contributed by atoms with Crippen LogP contribution in [-0.4, -0.2) is 12.4 Å².